The number of pyridine rings is 1. The number of aryl methyl sites for hydroxylation is 1. The van der Waals surface area contributed by atoms with Crippen LogP contribution in [0.5, 0.6) is 0 Å². The number of nitrogens with one attached hydrogen (secondary N) is 1. The second-order valence-corrected chi connectivity index (χ2v) is 3.06. The summed E-state index contributed by atoms with van der Waals surface area (Å²) in [5, 5.41) is 0.615. The van der Waals surface area contributed by atoms with Crippen molar-refractivity contribution in [2.24, 2.45) is 0 Å². The monoisotopic (exact) mass is 180 g/mol. The molecule has 0 aliphatic carbocycles. The number of fused-ring (bicyclic) bond motifs is 1. The standard InChI is InChI=1S/C9H9ClN2/c1-2-6-5-8-7(3-4-11-8)12-9(6)10/h3-5,11H,2H2,1H3. The zero-order valence-electron chi connectivity index (χ0n) is 6.76. The van der Waals surface area contributed by atoms with Crippen LogP contribution in [0.2, 0.25) is 5.15 Å². The van der Waals surface area contributed by atoms with Gasteiger partial charge in [0, 0.05) is 6.20 Å². The molecular formula is C9H9ClN2. The van der Waals surface area contributed by atoms with E-state index >= 15 is 0 Å². The number of aromatic amines is 1. The highest BCUT2D eigenvalue weighted by Gasteiger charge is 2.02. The first-order chi connectivity index (χ1) is 5.81. The van der Waals surface area contributed by atoms with Crippen molar-refractivity contribution in [1.82, 2.24) is 9.97 Å². The van der Waals surface area contributed by atoms with Crippen LogP contribution in [-0.2, 0) is 6.42 Å². The molecule has 2 rings (SSSR count). The van der Waals surface area contributed by atoms with E-state index in [4.69, 9.17) is 11.6 Å². The molecule has 0 fully saturated rings. The molecule has 0 saturated carbocycles. The van der Waals surface area contributed by atoms with Crippen molar-refractivity contribution in [3.8, 4) is 0 Å². The predicted molar refractivity (Wildman–Crippen MR) is 50.5 cm³/mol. The topological polar surface area (TPSA) is 28.7 Å². The Morgan fingerprint density at radius 2 is 2.42 bits per heavy atom. The Hall–Kier alpha value is -1.02. The van der Waals surface area contributed by atoms with Crippen molar-refractivity contribution in [3.63, 3.8) is 0 Å². The van der Waals surface area contributed by atoms with E-state index in [1.165, 1.54) is 0 Å². The Labute approximate surface area is 75.6 Å². The summed E-state index contributed by atoms with van der Waals surface area (Å²) in [7, 11) is 0. The number of nitrogens with zero attached hydrogens (tertiary/aromatic N) is 1. The fourth-order valence-electron chi connectivity index (χ4n) is 1.25. The van der Waals surface area contributed by atoms with Gasteiger partial charge in [-0.25, -0.2) is 4.98 Å². The van der Waals surface area contributed by atoms with Crippen LogP contribution < -0.4 is 0 Å². The second-order valence-electron chi connectivity index (χ2n) is 2.70. The zero-order chi connectivity index (χ0) is 8.55. The molecule has 0 radical (unpaired) electrons. The van der Waals surface area contributed by atoms with E-state index in [2.05, 4.69) is 16.9 Å². The molecule has 12 heavy (non-hydrogen) atoms. The van der Waals surface area contributed by atoms with Crippen LogP contribution in [-0.4, -0.2) is 9.97 Å². The van der Waals surface area contributed by atoms with Gasteiger partial charge in [-0.1, -0.05) is 18.5 Å². The van der Waals surface area contributed by atoms with Gasteiger partial charge in [0.15, 0.2) is 0 Å². The summed E-state index contributed by atoms with van der Waals surface area (Å²) in [5.74, 6) is 0. The fourth-order valence-corrected chi connectivity index (χ4v) is 1.53. The van der Waals surface area contributed by atoms with Crippen molar-refractivity contribution >= 4 is 22.6 Å². The maximum absolute atomic E-state index is 5.94. The third-order valence-corrected chi connectivity index (χ3v) is 2.27. The van der Waals surface area contributed by atoms with Gasteiger partial charge < -0.3 is 4.98 Å². The molecule has 62 valence electrons. The molecule has 2 heterocycles. The van der Waals surface area contributed by atoms with E-state index < -0.39 is 0 Å². The minimum atomic E-state index is 0.615. The predicted octanol–water partition coefficient (Wildman–Crippen LogP) is 2.78. The number of H-pyrrole nitrogens is 1. The number of aromatic nitrogens is 2. The van der Waals surface area contributed by atoms with Crippen LogP contribution in [0.3, 0.4) is 0 Å². The summed E-state index contributed by atoms with van der Waals surface area (Å²) in [4.78, 5) is 7.34. The Morgan fingerprint density at radius 1 is 1.58 bits per heavy atom. The molecule has 0 aromatic carbocycles. The Morgan fingerprint density at radius 3 is 3.17 bits per heavy atom. The van der Waals surface area contributed by atoms with E-state index in [1.807, 2.05) is 18.3 Å². The van der Waals surface area contributed by atoms with Crippen molar-refractivity contribution in [2.45, 2.75) is 13.3 Å². The molecule has 2 aromatic heterocycles. The lowest BCUT2D eigenvalue weighted by Crippen LogP contribution is -1.86. The number of hydrogen-bond donors (Lipinski definition) is 1. The van der Waals surface area contributed by atoms with Crippen LogP contribution in [0.4, 0.5) is 0 Å². The van der Waals surface area contributed by atoms with E-state index in [0.29, 0.717) is 5.15 Å². The van der Waals surface area contributed by atoms with Crippen molar-refractivity contribution < 1.29 is 0 Å². The van der Waals surface area contributed by atoms with Gasteiger partial charge in [-0.15, -0.1) is 0 Å². The molecule has 0 amide bonds. The maximum Gasteiger partial charge on any atom is 0.133 e. The second kappa shape index (κ2) is 2.79. The minimum Gasteiger partial charge on any atom is -0.360 e. The number of rotatable bonds is 1. The Balaban J connectivity index is 2.73. The van der Waals surface area contributed by atoms with Gasteiger partial charge in [0.2, 0.25) is 0 Å². The molecule has 0 aliphatic rings. The third-order valence-electron chi connectivity index (χ3n) is 1.94. The first-order valence-corrected chi connectivity index (χ1v) is 4.31. The molecule has 2 aromatic rings. The lowest BCUT2D eigenvalue weighted by Gasteiger charge is -1.99. The van der Waals surface area contributed by atoms with Crippen molar-refractivity contribution in [2.75, 3.05) is 0 Å². The van der Waals surface area contributed by atoms with Gasteiger partial charge in [0.05, 0.1) is 11.0 Å². The highest BCUT2D eigenvalue weighted by atomic mass is 35.5. The Kier molecular flexibility index (Phi) is 1.77. The average molecular weight is 181 g/mol. The van der Waals surface area contributed by atoms with Gasteiger partial charge in [0.1, 0.15) is 5.15 Å². The molecule has 0 atom stereocenters. The van der Waals surface area contributed by atoms with Crippen LogP contribution in [0.25, 0.3) is 11.0 Å². The van der Waals surface area contributed by atoms with E-state index in [9.17, 15) is 0 Å². The summed E-state index contributed by atoms with van der Waals surface area (Å²) < 4.78 is 0. The molecule has 0 saturated heterocycles. The molecule has 3 heteroatoms. The number of halogens is 1. The summed E-state index contributed by atoms with van der Waals surface area (Å²) in [5.41, 5.74) is 3.07. The molecule has 0 aliphatic heterocycles. The summed E-state index contributed by atoms with van der Waals surface area (Å²) in [6, 6.07) is 3.96. The quantitative estimate of drug-likeness (QED) is 0.672. The summed E-state index contributed by atoms with van der Waals surface area (Å²) in [6.45, 7) is 2.07. The van der Waals surface area contributed by atoms with Gasteiger partial charge in [-0.05, 0) is 24.1 Å². The first-order valence-electron chi connectivity index (χ1n) is 3.93. The van der Waals surface area contributed by atoms with Gasteiger partial charge in [-0.2, -0.15) is 0 Å². The van der Waals surface area contributed by atoms with Crippen LogP contribution in [0.1, 0.15) is 12.5 Å². The smallest absolute Gasteiger partial charge is 0.133 e. The lowest BCUT2D eigenvalue weighted by atomic mass is 10.2. The Bertz CT molecular complexity index is 406. The maximum atomic E-state index is 5.94. The van der Waals surface area contributed by atoms with Gasteiger partial charge >= 0.3 is 0 Å². The van der Waals surface area contributed by atoms with Crippen molar-refractivity contribution in [3.05, 3.63) is 29.0 Å². The largest absolute Gasteiger partial charge is 0.360 e. The van der Waals surface area contributed by atoms with Crippen molar-refractivity contribution in [1.29, 1.82) is 0 Å². The fraction of sp³-hybridized carbons (Fsp3) is 0.222. The molecular weight excluding hydrogens is 172 g/mol. The lowest BCUT2D eigenvalue weighted by molar-refractivity contribution is 1.12. The van der Waals surface area contributed by atoms with E-state index in [-0.39, 0.29) is 0 Å². The minimum absolute atomic E-state index is 0.615. The molecule has 0 bridgehead atoms. The summed E-state index contributed by atoms with van der Waals surface area (Å²) >= 11 is 5.94. The zero-order valence-corrected chi connectivity index (χ0v) is 7.52. The first kappa shape index (κ1) is 7.62. The SMILES string of the molecule is CCc1cc2[nH]ccc2nc1Cl. The molecule has 0 spiro atoms. The average Bonchev–Trinajstić information content (AvgIpc) is 2.49. The van der Waals surface area contributed by atoms with Gasteiger partial charge in [-0.3, -0.25) is 0 Å². The van der Waals surface area contributed by atoms with Crippen LogP contribution in [0.15, 0.2) is 18.3 Å². The third kappa shape index (κ3) is 1.08. The highest BCUT2D eigenvalue weighted by Crippen LogP contribution is 2.19. The van der Waals surface area contributed by atoms with Crippen LogP contribution in [0, 0.1) is 0 Å². The van der Waals surface area contributed by atoms with E-state index in [1.54, 1.807) is 0 Å². The summed E-state index contributed by atoms with van der Waals surface area (Å²) in [6.07, 6.45) is 2.79. The highest BCUT2D eigenvalue weighted by molar-refractivity contribution is 6.30. The molecule has 0 unspecified atom stereocenters. The normalized spacial score (nSPS) is 10.8. The van der Waals surface area contributed by atoms with E-state index in [0.717, 1.165) is 23.0 Å². The molecule has 1 N–H and O–H groups in total. The number of hydrogen-bond acceptors (Lipinski definition) is 1. The van der Waals surface area contributed by atoms with Gasteiger partial charge in [0.25, 0.3) is 0 Å². The van der Waals surface area contributed by atoms with Crippen LogP contribution >= 0.6 is 11.6 Å². The molecule has 2 nitrogen and oxygen atoms in total.